The van der Waals surface area contributed by atoms with Gasteiger partial charge in [-0.25, -0.2) is 9.69 Å². The molecule has 1 spiro atoms. The molecule has 2 aromatic carbocycles. The van der Waals surface area contributed by atoms with Gasteiger partial charge in [0.25, 0.3) is 11.8 Å². The molecule has 3 amide bonds. The number of amides is 3. The molecule has 3 saturated heterocycles. The van der Waals surface area contributed by atoms with Crippen LogP contribution >= 0.6 is 0 Å². The molecule has 2 aromatic rings. The van der Waals surface area contributed by atoms with Crippen LogP contribution in [-0.2, 0) is 4.74 Å². The zero-order valence-electron chi connectivity index (χ0n) is 20.5. The van der Waals surface area contributed by atoms with Crippen LogP contribution in [0.1, 0.15) is 20.7 Å². The lowest BCUT2D eigenvalue weighted by molar-refractivity contribution is 0.00224. The van der Waals surface area contributed by atoms with E-state index in [1.54, 1.807) is 65.6 Å². The monoisotopic (exact) mass is 520 g/mol. The first kappa shape index (κ1) is 25.0. The Kier molecular flexibility index (Phi) is 6.36. The van der Waals surface area contributed by atoms with E-state index in [0.717, 1.165) is 4.90 Å². The van der Waals surface area contributed by atoms with Crippen LogP contribution in [0.5, 0.6) is 0 Å². The summed E-state index contributed by atoms with van der Waals surface area (Å²) in [4.78, 5) is 41.2. The molecule has 3 aliphatic heterocycles. The number of imide groups is 1. The average molecular weight is 521 g/mol. The third kappa shape index (κ3) is 4.06. The first-order valence-corrected chi connectivity index (χ1v) is 12.0. The molecule has 2 unspecified atom stereocenters. The Bertz CT molecular complexity index is 1280. The Hall–Kier alpha value is -4.65. The van der Waals surface area contributed by atoms with Crippen molar-refractivity contribution < 1.29 is 24.2 Å². The molecule has 38 heavy (non-hydrogen) atoms. The summed E-state index contributed by atoms with van der Waals surface area (Å²) in [5.74, 6) is -1.18. The quantitative estimate of drug-likeness (QED) is 0.272. The second-order valence-electron chi connectivity index (χ2n) is 9.30. The van der Waals surface area contributed by atoms with Crippen molar-refractivity contribution in [3.8, 4) is 0 Å². The number of nitrogens with one attached hydrogen (secondary N) is 6. The van der Waals surface area contributed by atoms with Gasteiger partial charge in [-0.15, -0.1) is 0 Å². The van der Waals surface area contributed by atoms with Crippen LogP contribution in [0.15, 0.2) is 60.7 Å². The summed E-state index contributed by atoms with van der Waals surface area (Å²) in [6.07, 6.45) is -2.14. The van der Waals surface area contributed by atoms with Crippen molar-refractivity contribution in [2.24, 2.45) is 0 Å². The number of carbonyl (C=O) groups excluding carboxylic acids is 3. The molecule has 198 valence electrons. The van der Waals surface area contributed by atoms with Crippen LogP contribution in [0.4, 0.5) is 4.79 Å². The highest BCUT2D eigenvalue weighted by molar-refractivity contribution is 6.03. The largest absolute Gasteiger partial charge is 0.452 e. The van der Waals surface area contributed by atoms with E-state index in [4.69, 9.17) is 15.6 Å². The highest BCUT2D eigenvalue weighted by Gasteiger charge is 2.67. The number of carbonyl (C=O) groups is 3. The van der Waals surface area contributed by atoms with Crippen molar-refractivity contribution in [2.75, 3.05) is 20.2 Å². The van der Waals surface area contributed by atoms with Gasteiger partial charge in [0.2, 0.25) is 0 Å². The lowest BCUT2D eigenvalue weighted by atomic mass is 9.87. The smallest absolute Gasteiger partial charge is 0.416 e. The van der Waals surface area contributed by atoms with Crippen molar-refractivity contribution in [1.29, 1.82) is 10.8 Å². The summed E-state index contributed by atoms with van der Waals surface area (Å²) < 4.78 is 4.86. The molecule has 0 radical (unpaired) electrons. The second-order valence-corrected chi connectivity index (χ2v) is 9.30. The van der Waals surface area contributed by atoms with Crippen molar-refractivity contribution in [3.05, 3.63) is 71.8 Å². The SMILES string of the molecule is COC(=O)N(C[C@@H]1NC(=N)N2C[C@H](NC(=O)c3ccccc3)[C@@H](O)C23NC(=N)NC13)C(=O)c1ccccc1. The van der Waals surface area contributed by atoms with Crippen molar-refractivity contribution in [3.63, 3.8) is 0 Å². The minimum absolute atomic E-state index is 0.0837. The van der Waals surface area contributed by atoms with Gasteiger partial charge in [-0.3, -0.25) is 20.4 Å². The maximum Gasteiger partial charge on any atom is 0.416 e. The summed E-state index contributed by atoms with van der Waals surface area (Å²) >= 11 is 0. The van der Waals surface area contributed by atoms with Gasteiger partial charge in [0.15, 0.2) is 17.6 Å². The second kappa shape index (κ2) is 9.67. The van der Waals surface area contributed by atoms with Crippen LogP contribution in [-0.4, -0.2) is 94.8 Å². The lowest BCUT2D eigenvalue weighted by Gasteiger charge is -2.49. The molecular formula is C25H28N8O5. The zero-order valence-corrected chi connectivity index (χ0v) is 20.5. The molecule has 3 fully saturated rings. The first-order chi connectivity index (χ1) is 18.3. The lowest BCUT2D eigenvalue weighted by Crippen LogP contribution is -2.78. The molecule has 0 aliphatic carbocycles. The molecule has 13 nitrogen and oxygen atoms in total. The Morgan fingerprint density at radius 1 is 1.08 bits per heavy atom. The van der Waals surface area contributed by atoms with Gasteiger partial charge >= 0.3 is 6.09 Å². The Balaban J connectivity index is 1.43. The predicted octanol–water partition coefficient (Wildman–Crippen LogP) is -0.531. The van der Waals surface area contributed by atoms with Gasteiger partial charge in [0.05, 0.1) is 31.8 Å². The molecule has 13 heteroatoms. The highest BCUT2D eigenvalue weighted by Crippen LogP contribution is 2.37. The number of hydrogen-bond acceptors (Lipinski definition) is 7. The summed E-state index contributed by atoms with van der Waals surface area (Å²) in [6.45, 7) is -0.140. The molecule has 7 N–H and O–H groups in total. The van der Waals surface area contributed by atoms with E-state index in [0.29, 0.717) is 5.56 Å². The van der Waals surface area contributed by atoms with E-state index >= 15 is 0 Å². The fourth-order valence-electron chi connectivity index (χ4n) is 5.41. The normalized spacial score (nSPS) is 27.3. The number of hydrogen-bond donors (Lipinski definition) is 7. The van der Waals surface area contributed by atoms with E-state index in [1.165, 1.54) is 7.11 Å². The van der Waals surface area contributed by atoms with Crippen LogP contribution in [0, 0.1) is 10.8 Å². The van der Waals surface area contributed by atoms with Crippen molar-refractivity contribution in [2.45, 2.75) is 29.9 Å². The van der Waals surface area contributed by atoms with Crippen molar-refractivity contribution in [1.82, 2.24) is 31.1 Å². The number of guanidine groups is 2. The van der Waals surface area contributed by atoms with E-state index in [2.05, 4.69) is 21.3 Å². The molecule has 0 bridgehead atoms. The van der Waals surface area contributed by atoms with E-state index in [-0.39, 0.29) is 36.5 Å². The van der Waals surface area contributed by atoms with Crippen LogP contribution in [0.3, 0.4) is 0 Å². The number of aliphatic hydroxyl groups is 1. The van der Waals surface area contributed by atoms with Gasteiger partial charge in [-0.1, -0.05) is 36.4 Å². The van der Waals surface area contributed by atoms with Gasteiger partial charge in [0.1, 0.15) is 6.10 Å². The number of rotatable bonds is 5. The fraction of sp³-hybridized carbons (Fsp3) is 0.320. The van der Waals surface area contributed by atoms with Crippen LogP contribution in [0.25, 0.3) is 0 Å². The summed E-state index contributed by atoms with van der Waals surface area (Å²) in [6, 6.07) is 14.5. The van der Waals surface area contributed by atoms with Gasteiger partial charge in [0, 0.05) is 17.7 Å². The van der Waals surface area contributed by atoms with Crippen LogP contribution in [0.2, 0.25) is 0 Å². The number of nitrogens with zero attached hydrogens (tertiary/aromatic N) is 2. The average Bonchev–Trinajstić information content (AvgIpc) is 3.43. The topological polar surface area (TPSA) is 183 Å². The molecule has 0 aromatic heterocycles. The van der Waals surface area contributed by atoms with Crippen LogP contribution < -0.4 is 21.3 Å². The minimum Gasteiger partial charge on any atom is -0.452 e. The molecule has 3 aliphatic rings. The standard InChI is InChI=1S/C25H28N8O5/c1-38-24(37)32(21(36)15-10-6-3-7-11-15)12-16-18-25(31-22(26)30-18)19(34)17(13-33(25)23(27)29-16)28-20(35)14-8-4-2-5-9-14/h2-11,16-19,34H,12-13H2,1H3,(H2,27,29)(H,28,35)(H3,26,30,31)/t16-,17-,18?,19+,25?/m0/s1. The Morgan fingerprint density at radius 3 is 2.34 bits per heavy atom. The van der Waals surface area contributed by atoms with E-state index in [9.17, 15) is 19.5 Å². The summed E-state index contributed by atoms with van der Waals surface area (Å²) in [5.41, 5.74) is -0.700. The van der Waals surface area contributed by atoms with Crippen molar-refractivity contribution >= 4 is 29.8 Å². The van der Waals surface area contributed by atoms with Gasteiger partial charge in [-0.05, 0) is 24.3 Å². The Morgan fingerprint density at radius 2 is 1.71 bits per heavy atom. The fourth-order valence-corrected chi connectivity index (χ4v) is 5.41. The number of ether oxygens (including phenoxy) is 1. The molecule has 5 rings (SSSR count). The summed E-state index contributed by atoms with van der Waals surface area (Å²) in [7, 11) is 1.17. The minimum atomic E-state index is -1.39. The maximum absolute atomic E-state index is 13.2. The molecular weight excluding hydrogens is 492 g/mol. The number of methoxy groups -OCH3 is 1. The molecule has 5 atom stereocenters. The molecule has 0 saturated carbocycles. The number of benzene rings is 2. The highest BCUT2D eigenvalue weighted by atomic mass is 16.5. The van der Waals surface area contributed by atoms with Gasteiger partial charge in [-0.2, -0.15) is 0 Å². The zero-order chi connectivity index (χ0) is 27.0. The maximum atomic E-state index is 13.2. The first-order valence-electron chi connectivity index (χ1n) is 12.0. The van der Waals surface area contributed by atoms with E-state index in [1.807, 2.05) is 0 Å². The van der Waals surface area contributed by atoms with Gasteiger partial charge < -0.3 is 36.0 Å². The predicted molar refractivity (Wildman–Crippen MR) is 135 cm³/mol. The number of aliphatic hydroxyl groups excluding tert-OH is 1. The van der Waals surface area contributed by atoms with E-state index < -0.39 is 41.9 Å². The third-order valence-corrected chi connectivity index (χ3v) is 7.14. The summed E-state index contributed by atoms with van der Waals surface area (Å²) in [5, 5.41) is 40.3. The molecule has 3 heterocycles. The third-order valence-electron chi connectivity index (χ3n) is 7.14. The Labute approximate surface area is 218 Å².